The largest absolute Gasteiger partial charge is 0.495 e. The number of methoxy groups -OCH3 is 1. The molecule has 0 fully saturated rings. The topological polar surface area (TPSA) is 75.6 Å². The van der Waals surface area contributed by atoms with Crippen molar-refractivity contribution in [1.29, 1.82) is 0 Å². The minimum atomic E-state index is -0.896. The van der Waals surface area contributed by atoms with E-state index < -0.39 is 5.97 Å². The summed E-state index contributed by atoms with van der Waals surface area (Å²) in [7, 11) is 1.54. The van der Waals surface area contributed by atoms with Gasteiger partial charge in [0.05, 0.1) is 12.8 Å². The van der Waals surface area contributed by atoms with Gasteiger partial charge in [0, 0.05) is 12.3 Å². The zero-order chi connectivity index (χ0) is 14.4. The number of carboxylic acids is 1. The molecule has 0 saturated heterocycles. The molecule has 1 rings (SSSR count). The van der Waals surface area contributed by atoms with Crippen LogP contribution in [0.2, 0.25) is 0 Å². The zero-order valence-corrected chi connectivity index (χ0v) is 11.4. The molecule has 5 heteroatoms. The second-order valence-electron chi connectivity index (χ2n) is 4.53. The Labute approximate surface area is 112 Å². The first-order chi connectivity index (χ1) is 8.93. The molecule has 0 radical (unpaired) electrons. The number of amides is 1. The zero-order valence-electron chi connectivity index (χ0n) is 11.4. The standard InChI is InChI=1S/C14H19NO4/c1-9-4-6-12(19-3)11(8-9)15-14(18)10(2)5-7-13(16)17/h4,6,8,10H,5,7H2,1-3H3,(H,15,18)(H,16,17). The van der Waals surface area contributed by atoms with E-state index in [1.165, 1.54) is 7.11 Å². The van der Waals surface area contributed by atoms with Crippen molar-refractivity contribution < 1.29 is 19.4 Å². The van der Waals surface area contributed by atoms with Gasteiger partial charge >= 0.3 is 5.97 Å². The van der Waals surface area contributed by atoms with Crippen molar-refractivity contribution in [3.63, 3.8) is 0 Å². The van der Waals surface area contributed by atoms with E-state index in [2.05, 4.69) is 5.32 Å². The number of aliphatic carboxylic acids is 1. The molecule has 0 aromatic heterocycles. The van der Waals surface area contributed by atoms with Crippen molar-refractivity contribution in [2.45, 2.75) is 26.7 Å². The maximum atomic E-state index is 11.9. The second kappa shape index (κ2) is 6.78. The van der Waals surface area contributed by atoms with Crippen LogP contribution in [-0.4, -0.2) is 24.1 Å². The van der Waals surface area contributed by atoms with Gasteiger partial charge < -0.3 is 15.2 Å². The molecule has 0 aliphatic carbocycles. The smallest absolute Gasteiger partial charge is 0.303 e. The molecule has 0 bridgehead atoms. The molecular weight excluding hydrogens is 246 g/mol. The van der Waals surface area contributed by atoms with Gasteiger partial charge in [0.15, 0.2) is 0 Å². The molecule has 104 valence electrons. The van der Waals surface area contributed by atoms with Gasteiger partial charge in [-0.1, -0.05) is 13.0 Å². The van der Waals surface area contributed by atoms with Gasteiger partial charge in [-0.2, -0.15) is 0 Å². The molecule has 19 heavy (non-hydrogen) atoms. The van der Waals surface area contributed by atoms with Crippen molar-refractivity contribution >= 4 is 17.6 Å². The lowest BCUT2D eigenvalue weighted by atomic mass is 10.0. The Kier molecular flexibility index (Phi) is 5.36. The number of carbonyl (C=O) groups is 2. The maximum Gasteiger partial charge on any atom is 0.303 e. The number of anilines is 1. The fourth-order valence-electron chi connectivity index (χ4n) is 1.65. The van der Waals surface area contributed by atoms with Crippen LogP contribution < -0.4 is 10.1 Å². The number of hydrogen-bond acceptors (Lipinski definition) is 3. The number of benzene rings is 1. The van der Waals surface area contributed by atoms with Crippen molar-refractivity contribution in [2.75, 3.05) is 12.4 Å². The molecule has 1 amide bonds. The Bertz CT molecular complexity index is 471. The number of carbonyl (C=O) groups excluding carboxylic acids is 1. The number of nitrogens with one attached hydrogen (secondary N) is 1. The van der Waals surface area contributed by atoms with Crippen LogP contribution in [0.15, 0.2) is 18.2 Å². The average molecular weight is 265 g/mol. The van der Waals surface area contributed by atoms with E-state index in [9.17, 15) is 9.59 Å². The quantitative estimate of drug-likeness (QED) is 0.828. The van der Waals surface area contributed by atoms with E-state index in [0.717, 1.165) is 5.56 Å². The lowest BCUT2D eigenvalue weighted by Crippen LogP contribution is -2.21. The van der Waals surface area contributed by atoms with Crippen LogP contribution in [0, 0.1) is 12.8 Å². The van der Waals surface area contributed by atoms with Gasteiger partial charge in [0.2, 0.25) is 5.91 Å². The Balaban J connectivity index is 2.70. The summed E-state index contributed by atoms with van der Waals surface area (Å²) in [5, 5.41) is 11.4. The Morgan fingerprint density at radius 2 is 2.11 bits per heavy atom. The lowest BCUT2D eigenvalue weighted by Gasteiger charge is -2.14. The van der Waals surface area contributed by atoms with Gasteiger partial charge in [-0.05, 0) is 31.0 Å². The summed E-state index contributed by atoms with van der Waals surface area (Å²) < 4.78 is 5.17. The summed E-state index contributed by atoms with van der Waals surface area (Å²) >= 11 is 0. The van der Waals surface area contributed by atoms with Gasteiger partial charge in [-0.15, -0.1) is 0 Å². The monoisotopic (exact) mass is 265 g/mol. The minimum absolute atomic E-state index is 0.0143. The van der Waals surface area contributed by atoms with Crippen LogP contribution in [0.1, 0.15) is 25.3 Å². The first-order valence-corrected chi connectivity index (χ1v) is 6.11. The molecular formula is C14H19NO4. The van der Waals surface area contributed by atoms with Crippen molar-refractivity contribution in [1.82, 2.24) is 0 Å². The predicted octanol–water partition coefficient (Wildman–Crippen LogP) is 2.44. The van der Waals surface area contributed by atoms with E-state index >= 15 is 0 Å². The third-order valence-electron chi connectivity index (χ3n) is 2.85. The molecule has 1 aromatic carbocycles. The summed E-state index contributed by atoms with van der Waals surface area (Å²) in [5.74, 6) is -0.872. The highest BCUT2D eigenvalue weighted by Gasteiger charge is 2.16. The summed E-state index contributed by atoms with van der Waals surface area (Å²) in [6, 6.07) is 5.50. The molecule has 0 spiro atoms. The highest BCUT2D eigenvalue weighted by Crippen LogP contribution is 2.26. The first-order valence-electron chi connectivity index (χ1n) is 6.11. The fourth-order valence-corrected chi connectivity index (χ4v) is 1.65. The lowest BCUT2D eigenvalue weighted by molar-refractivity contribution is -0.137. The third kappa shape index (κ3) is 4.62. The van der Waals surface area contributed by atoms with E-state index in [1.807, 2.05) is 19.1 Å². The number of rotatable bonds is 6. The van der Waals surface area contributed by atoms with Gasteiger partial charge in [0.25, 0.3) is 0 Å². The van der Waals surface area contributed by atoms with Crippen LogP contribution in [0.4, 0.5) is 5.69 Å². The third-order valence-corrected chi connectivity index (χ3v) is 2.85. The summed E-state index contributed by atoms with van der Waals surface area (Å²) in [6.07, 6.45) is 0.300. The fraction of sp³-hybridized carbons (Fsp3) is 0.429. The molecule has 0 aliphatic heterocycles. The van der Waals surface area contributed by atoms with E-state index in [0.29, 0.717) is 17.9 Å². The number of aryl methyl sites for hydroxylation is 1. The summed E-state index contributed by atoms with van der Waals surface area (Å²) in [6.45, 7) is 3.63. The number of hydrogen-bond donors (Lipinski definition) is 2. The number of ether oxygens (including phenoxy) is 1. The van der Waals surface area contributed by atoms with E-state index in [4.69, 9.17) is 9.84 Å². The molecule has 0 heterocycles. The SMILES string of the molecule is COc1ccc(C)cc1NC(=O)C(C)CCC(=O)O. The average Bonchev–Trinajstić information content (AvgIpc) is 2.36. The molecule has 5 nitrogen and oxygen atoms in total. The highest BCUT2D eigenvalue weighted by atomic mass is 16.5. The van der Waals surface area contributed by atoms with E-state index in [1.54, 1.807) is 13.0 Å². The van der Waals surface area contributed by atoms with Crippen molar-refractivity contribution in [3.05, 3.63) is 23.8 Å². The van der Waals surface area contributed by atoms with Crippen molar-refractivity contribution in [3.8, 4) is 5.75 Å². The van der Waals surface area contributed by atoms with Gasteiger partial charge in [0.1, 0.15) is 5.75 Å². The first kappa shape index (κ1) is 15.0. The van der Waals surface area contributed by atoms with Crippen LogP contribution in [0.3, 0.4) is 0 Å². The van der Waals surface area contributed by atoms with Gasteiger partial charge in [-0.3, -0.25) is 9.59 Å². The number of carboxylic acid groups (broad SMARTS) is 1. The van der Waals surface area contributed by atoms with Gasteiger partial charge in [-0.25, -0.2) is 0 Å². The normalized spacial score (nSPS) is 11.7. The minimum Gasteiger partial charge on any atom is -0.495 e. The molecule has 2 N–H and O–H groups in total. The van der Waals surface area contributed by atoms with Crippen LogP contribution >= 0.6 is 0 Å². The Morgan fingerprint density at radius 3 is 2.68 bits per heavy atom. The summed E-state index contributed by atoms with van der Waals surface area (Å²) in [4.78, 5) is 22.4. The summed E-state index contributed by atoms with van der Waals surface area (Å²) in [5.41, 5.74) is 1.61. The highest BCUT2D eigenvalue weighted by molar-refractivity contribution is 5.94. The molecule has 1 aromatic rings. The van der Waals surface area contributed by atoms with Crippen LogP contribution in [-0.2, 0) is 9.59 Å². The second-order valence-corrected chi connectivity index (χ2v) is 4.53. The Hall–Kier alpha value is -2.04. The predicted molar refractivity (Wildman–Crippen MR) is 72.4 cm³/mol. The van der Waals surface area contributed by atoms with Crippen LogP contribution in [0.5, 0.6) is 5.75 Å². The molecule has 0 aliphatic rings. The molecule has 1 atom stereocenters. The Morgan fingerprint density at radius 1 is 1.42 bits per heavy atom. The van der Waals surface area contributed by atoms with E-state index in [-0.39, 0.29) is 18.2 Å². The van der Waals surface area contributed by atoms with Crippen LogP contribution in [0.25, 0.3) is 0 Å². The van der Waals surface area contributed by atoms with Crippen molar-refractivity contribution in [2.24, 2.45) is 5.92 Å². The molecule has 1 unspecified atom stereocenters. The molecule has 0 saturated carbocycles. The maximum absolute atomic E-state index is 11.9.